The monoisotopic (exact) mass is 332 g/mol. The number of aliphatic hydroxyl groups excluding tert-OH is 1. The molecule has 24 heavy (non-hydrogen) atoms. The van der Waals surface area contributed by atoms with Gasteiger partial charge in [-0.2, -0.15) is 0 Å². The van der Waals surface area contributed by atoms with Gasteiger partial charge in [-0.05, 0) is 31.2 Å². The average molecular weight is 332 g/mol. The Hall–Kier alpha value is -2.34. The van der Waals surface area contributed by atoms with Crippen molar-refractivity contribution in [2.24, 2.45) is 0 Å². The number of likely N-dealkylation sites (tertiary alicyclic amines) is 1. The molecule has 1 heterocycles. The zero-order chi connectivity index (χ0) is 17.5. The molecule has 0 bridgehead atoms. The van der Waals surface area contributed by atoms with Gasteiger partial charge in [0.1, 0.15) is 11.8 Å². The van der Waals surface area contributed by atoms with Gasteiger partial charge >= 0.3 is 5.97 Å². The first-order valence-electron chi connectivity index (χ1n) is 8.16. The lowest BCUT2D eigenvalue weighted by molar-refractivity contribution is -0.147. The van der Waals surface area contributed by atoms with Crippen molar-refractivity contribution in [3.63, 3.8) is 0 Å². The molecule has 1 unspecified atom stereocenters. The minimum Gasteiger partial charge on any atom is -0.511 e. The highest BCUT2D eigenvalue weighted by Crippen LogP contribution is 2.17. The number of carbonyl (C=O) groups is 2. The molecule has 1 fully saturated rings. The summed E-state index contributed by atoms with van der Waals surface area (Å²) < 4.78 is 0. The van der Waals surface area contributed by atoms with Crippen molar-refractivity contribution in [1.29, 1.82) is 0 Å². The summed E-state index contributed by atoms with van der Waals surface area (Å²) in [6.45, 7) is 4.01. The molecule has 1 amide bonds. The van der Waals surface area contributed by atoms with Gasteiger partial charge in [-0.25, -0.2) is 4.79 Å². The van der Waals surface area contributed by atoms with Gasteiger partial charge < -0.3 is 15.1 Å². The fourth-order valence-corrected chi connectivity index (χ4v) is 2.98. The molecule has 2 atom stereocenters. The number of rotatable bonds is 8. The molecule has 0 aliphatic carbocycles. The predicted octanol–water partition coefficient (Wildman–Crippen LogP) is 1.72. The molecule has 1 aliphatic heterocycles. The summed E-state index contributed by atoms with van der Waals surface area (Å²) in [5.74, 6) is -1.24. The van der Waals surface area contributed by atoms with Crippen LogP contribution in [0.2, 0.25) is 0 Å². The minimum absolute atomic E-state index is 0.0111. The number of carboxylic acids is 1. The quantitative estimate of drug-likeness (QED) is 0.631. The molecule has 130 valence electrons. The SMILES string of the molecule is C=C(O)C(CCc1ccccc1)NCC(=O)N1CCC[C@H]1C(=O)O. The van der Waals surface area contributed by atoms with Crippen LogP contribution in [0, 0.1) is 0 Å². The van der Waals surface area contributed by atoms with E-state index in [1.54, 1.807) is 0 Å². The van der Waals surface area contributed by atoms with Crippen molar-refractivity contribution in [2.45, 2.75) is 37.8 Å². The molecule has 2 rings (SSSR count). The van der Waals surface area contributed by atoms with Crippen molar-refractivity contribution < 1.29 is 19.8 Å². The first-order chi connectivity index (χ1) is 11.5. The maximum absolute atomic E-state index is 12.3. The largest absolute Gasteiger partial charge is 0.511 e. The summed E-state index contributed by atoms with van der Waals surface area (Å²) in [5, 5.41) is 21.9. The topological polar surface area (TPSA) is 89.9 Å². The predicted molar refractivity (Wildman–Crippen MR) is 90.7 cm³/mol. The number of hydrogen-bond donors (Lipinski definition) is 3. The number of nitrogens with one attached hydrogen (secondary N) is 1. The number of hydrogen-bond acceptors (Lipinski definition) is 4. The minimum atomic E-state index is -0.965. The number of aliphatic carboxylic acids is 1. The Labute approximate surface area is 141 Å². The Kier molecular flexibility index (Phi) is 6.37. The van der Waals surface area contributed by atoms with Gasteiger partial charge in [0.15, 0.2) is 0 Å². The molecule has 3 N–H and O–H groups in total. The summed E-state index contributed by atoms with van der Waals surface area (Å²) in [7, 11) is 0. The van der Waals surface area contributed by atoms with E-state index in [2.05, 4.69) is 11.9 Å². The third kappa shape index (κ3) is 4.83. The lowest BCUT2D eigenvalue weighted by Gasteiger charge is -2.23. The molecule has 0 aromatic heterocycles. The van der Waals surface area contributed by atoms with Gasteiger partial charge in [0.05, 0.1) is 12.6 Å². The van der Waals surface area contributed by atoms with Crippen molar-refractivity contribution in [2.75, 3.05) is 13.1 Å². The standard InChI is InChI=1S/C18H24N2O4/c1-13(21)15(10-9-14-6-3-2-4-7-14)19-12-17(22)20-11-5-8-16(20)18(23)24/h2-4,6-7,15-16,19,21H,1,5,8-12H2,(H,23,24)/t15?,16-/m0/s1. The van der Waals surface area contributed by atoms with E-state index in [1.165, 1.54) is 4.90 Å². The number of carboxylic acid groups (broad SMARTS) is 1. The van der Waals surface area contributed by atoms with Crippen LogP contribution >= 0.6 is 0 Å². The van der Waals surface area contributed by atoms with E-state index in [1.807, 2.05) is 30.3 Å². The highest BCUT2D eigenvalue weighted by Gasteiger charge is 2.33. The van der Waals surface area contributed by atoms with E-state index >= 15 is 0 Å². The van der Waals surface area contributed by atoms with Crippen LogP contribution in [0.25, 0.3) is 0 Å². The van der Waals surface area contributed by atoms with Crippen molar-refractivity contribution in [3.8, 4) is 0 Å². The highest BCUT2D eigenvalue weighted by atomic mass is 16.4. The Morgan fingerprint density at radius 2 is 2.00 bits per heavy atom. The zero-order valence-corrected chi connectivity index (χ0v) is 13.6. The normalized spacial score (nSPS) is 18.3. The summed E-state index contributed by atoms with van der Waals surface area (Å²) in [6.07, 6.45) is 2.54. The summed E-state index contributed by atoms with van der Waals surface area (Å²) in [6, 6.07) is 8.72. The van der Waals surface area contributed by atoms with Gasteiger partial charge in [-0.3, -0.25) is 10.1 Å². The maximum Gasteiger partial charge on any atom is 0.326 e. The molecule has 0 radical (unpaired) electrons. The highest BCUT2D eigenvalue weighted by molar-refractivity contribution is 5.85. The van der Waals surface area contributed by atoms with Crippen LogP contribution in [0.5, 0.6) is 0 Å². The van der Waals surface area contributed by atoms with Crippen molar-refractivity contribution in [1.82, 2.24) is 10.2 Å². The van der Waals surface area contributed by atoms with Gasteiger partial charge in [0.2, 0.25) is 5.91 Å². The number of aliphatic hydroxyl groups is 1. The smallest absolute Gasteiger partial charge is 0.326 e. The van der Waals surface area contributed by atoms with Gasteiger partial charge in [0, 0.05) is 6.54 Å². The van der Waals surface area contributed by atoms with Gasteiger partial charge in [-0.1, -0.05) is 36.9 Å². The molecule has 1 aromatic carbocycles. The maximum atomic E-state index is 12.3. The summed E-state index contributed by atoms with van der Waals surface area (Å²) in [4.78, 5) is 24.8. The second-order valence-electron chi connectivity index (χ2n) is 6.03. The second kappa shape index (κ2) is 8.49. The molecule has 0 spiro atoms. The first-order valence-corrected chi connectivity index (χ1v) is 8.16. The second-order valence-corrected chi connectivity index (χ2v) is 6.03. The third-order valence-electron chi connectivity index (χ3n) is 4.32. The van der Waals surface area contributed by atoms with Crippen molar-refractivity contribution in [3.05, 3.63) is 48.2 Å². The molecule has 1 aromatic rings. The van der Waals surface area contributed by atoms with E-state index in [9.17, 15) is 14.7 Å². The average Bonchev–Trinajstić information content (AvgIpc) is 3.05. The molecule has 1 aliphatic rings. The Bertz CT molecular complexity index is 588. The molecular weight excluding hydrogens is 308 g/mol. The van der Waals surface area contributed by atoms with Crippen LogP contribution < -0.4 is 5.32 Å². The summed E-state index contributed by atoms with van der Waals surface area (Å²) in [5.41, 5.74) is 1.14. The van der Waals surface area contributed by atoms with Crippen molar-refractivity contribution >= 4 is 11.9 Å². The van der Waals surface area contributed by atoms with Crippen LogP contribution in [0.1, 0.15) is 24.8 Å². The zero-order valence-electron chi connectivity index (χ0n) is 13.6. The van der Waals surface area contributed by atoms with Crippen LogP contribution in [-0.4, -0.2) is 52.2 Å². The molecule has 6 heteroatoms. The molecule has 6 nitrogen and oxygen atoms in total. The van der Waals surface area contributed by atoms with E-state index in [4.69, 9.17) is 5.11 Å². The molecular formula is C18H24N2O4. The lowest BCUT2D eigenvalue weighted by Crippen LogP contribution is -2.46. The van der Waals surface area contributed by atoms with Gasteiger partial charge in [0.25, 0.3) is 0 Å². The van der Waals surface area contributed by atoms with E-state index in [-0.39, 0.29) is 18.2 Å². The van der Waals surface area contributed by atoms with Gasteiger partial charge in [-0.15, -0.1) is 0 Å². The van der Waals surface area contributed by atoms with Crippen LogP contribution in [-0.2, 0) is 16.0 Å². The Morgan fingerprint density at radius 1 is 1.29 bits per heavy atom. The van der Waals surface area contributed by atoms with Crippen LogP contribution in [0.15, 0.2) is 42.7 Å². The summed E-state index contributed by atoms with van der Waals surface area (Å²) >= 11 is 0. The Balaban J connectivity index is 1.85. The van der Waals surface area contributed by atoms with Crippen LogP contribution in [0.4, 0.5) is 0 Å². The number of carbonyl (C=O) groups excluding carboxylic acids is 1. The van der Waals surface area contributed by atoms with E-state index < -0.39 is 18.1 Å². The molecule has 1 saturated heterocycles. The fraction of sp³-hybridized carbons (Fsp3) is 0.444. The first kappa shape index (κ1) is 18.0. The number of nitrogens with zero attached hydrogens (tertiary/aromatic N) is 1. The molecule has 0 saturated carbocycles. The number of aryl methyl sites for hydroxylation is 1. The number of amides is 1. The van der Waals surface area contributed by atoms with Crippen LogP contribution in [0.3, 0.4) is 0 Å². The number of benzene rings is 1. The lowest BCUT2D eigenvalue weighted by atomic mass is 10.0. The van der Waals surface area contributed by atoms with E-state index in [0.29, 0.717) is 25.8 Å². The fourth-order valence-electron chi connectivity index (χ4n) is 2.98. The van der Waals surface area contributed by atoms with E-state index in [0.717, 1.165) is 12.0 Å². The Morgan fingerprint density at radius 3 is 2.62 bits per heavy atom. The third-order valence-corrected chi connectivity index (χ3v) is 4.32.